The van der Waals surface area contributed by atoms with Crippen molar-refractivity contribution in [1.29, 1.82) is 5.26 Å². The van der Waals surface area contributed by atoms with Gasteiger partial charge in [0.1, 0.15) is 6.04 Å². The number of amides is 1. The van der Waals surface area contributed by atoms with Gasteiger partial charge in [0.25, 0.3) is 5.91 Å². The van der Waals surface area contributed by atoms with E-state index in [1.165, 1.54) is 17.0 Å². The highest BCUT2D eigenvalue weighted by Crippen LogP contribution is 2.19. The molecule has 1 unspecified atom stereocenters. The number of rotatable bonds is 2. The molecule has 1 aliphatic heterocycles. The van der Waals surface area contributed by atoms with E-state index in [0.717, 1.165) is 6.26 Å². The maximum Gasteiger partial charge on any atom is 0.275 e. The summed E-state index contributed by atoms with van der Waals surface area (Å²) >= 11 is 0. The van der Waals surface area contributed by atoms with Gasteiger partial charge in [0.05, 0.1) is 12.6 Å². The Kier molecular flexibility index (Phi) is 2.55. The highest BCUT2D eigenvalue weighted by molar-refractivity contribution is 7.90. The molecule has 1 atom stereocenters. The SMILES string of the molecule is CS(=O)(=O)c1ccc(C(=O)N2CC2C#N)nn1. The van der Waals surface area contributed by atoms with Gasteiger partial charge in [0, 0.05) is 6.26 Å². The van der Waals surface area contributed by atoms with Crippen LogP contribution in [0.4, 0.5) is 0 Å². The summed E-state index contributed by atoms with van der Waals surface area (Å²) in [5.74, 6) is -0.413. The molecule has 17 heavy (non-hydrogen) atoms. The number of sulfone groups is 1. The Hall–Kier alpha value is -2.01. The van der Waals surface area contributed by atoms with E-state index in [9.17, 15) is 13.2 Å². The molecule has 0 aliphatic carbocycles. The largest absolute Gasteiger partial charge is 0.316 e. The van der Waals surface area contributed by atoms with Crippen LogP contribution in [0.3, 0.4) is 0 Å². The summed E-state index contributed by atoms with van der Waals surface area (Å²) in [6.45, 7) is 0.380. The molecule has 1 fully saturated rings. The van der Waals surface area contributed by atoms with Crippen LogP contribution in [0.15, 0.2) is 17.2 Å². The van der Waals surface area contributed by atoms with Crippen molar-refractivity contribution in [2.75, 3.05) is 12.8 Å². The molecular formula is C9H8N4O3S. The third-order valence-electron chi connectivity index (χ3n) is 2.26. The van der Waals surface area contributed by atoms with Crippen LogP contribution in [0.1, 0.15) is 10.5 Å². The molecule has 1 aromatic heterocycles. The molecule has 88 valence electrons. The number of hydrogen-bond acceptors (Lipinski definition) is 6. The lowest BCUT2D eigenvalue weighted by Crippen LogP contribution is -2.16. The van der Waals surface area contributed by atoms with Crippen LogP contribution < -0.4 is 0 Å². The quantitative estimate of drug-likeness (QED) is 0.640. The van der Waals surface area contributed by atoms with Crippen molar-refractivity contribution in [3.63, 3.8) is 0 Å². The van der Waals surface area contributed by atoms with Gasteiger partial charge >= 0.3 is 0 Å². The average Bonchev–Trinajstić information content (AvgIpc) is 3.06. The predicted octanol–water partition coefficient (Wildman–Crippen LogP) is -0.772. The van der Waals surface area contributed by atoms with Gasteiger partial charge in [0.15, 0.2) is 20.6 Å². The van der Waals surface area contributed by atoms with E-state index in [2.05, 4.69) is 10.2 Å². The Bertz CT molecular complexity index is 602. The van der Waals surface area contributed by atoms with Crippen LogP contribution in [0.25, 0.3) is 0 Å². The first-order chi connectivity index (χ1) is 7.93. The highest BCUT2D eigenvalue weighted by Gasteiger charge is 2.39. The van der Waals surface area contributed by atoms with Gasteiger partial charge in [-0.1, -0.05) is 0 Å². The second-order valence-electron chi connectivity index (χ2n) is 3.63. The van der Waals surface area contributed by atoms with E-state index in [4.69, 9.17) is 5.26 Å². The van der Waals surface area contributed by atoms with Gasteiger partial charge in [-0.2, -0.15) is 5.26 Å². The number of carbonyl (C=O) groups excluding carboxylic acids is 1. The first-order valence-corrected chi connectivity index (χ1v) is 6.57. The Morgan fingerprint density at radius 1 is 1.53 bits per heavy atom. The van der Waals surface area contributed by atoms with E-state index in [1.54, 1.807) is 0 Å². The first-order valence-electron chi connectivity index (χ1n) is 4.68. The van der Waals surface area contributed by atoms with Crippen molar-refractivity contribution in [2.24, 2.45) is 0 Å². The number of hydrogen-bond donors (Lipinski definition) is 0. The number of nitriles is 1. The van der Waals surface area contributed by atoms with E-state index in [0.29, 0.717) is 6.54 Å². The Morgan fingerprint density at radius 2 is 2.24 bits per heavy atom. The van der Waals surface area contributed by atoms with Crippen LogP contribution >= 0.6 is 0 Å². The number of aromatic nitrogens is 2. The second-order valence-corrected chi connectivity index (χ2v) is 5.59. The summed E-state index contributed by atoms with van der Waals surface area (Å²) in [7, 11) is -3.42. The molecule has 7 nitrogen and oxygen atoms in total. The summed E-state index contributed by atoms with van der Waals surface area (Å²) in [5, 5.41) is 15.4. The molecular weight excluding hydrogens is 244 g/mol. The fourth-order valence-corrected chi connectivity index (χ4v) is 1.76. The molecule has 1 aliphatic rings. The van der Waals surface area contributed by atoms with Gasteiger partial charge in [0.2, 0.25) is 0 Å². The predicted molar refractivity (Wildman–Crippen MR) is 55.6 cm³/mol. The fourth-order valence-electron chi connectivity index (χ4n) is 1.25. The van der Waals surface area contributed by atoms with E-state index >= 15 is 0 Å². The molecule has 8 heteroatoms. The summed E-state index contributed by atoms with van der Waals surface area (Å²) in [4.78, 5) is 13.0. The van der Waals surface area contributed by atoms with E-state index in [1.807, 2.05) is 6.07 Å². The lowest BCUT2D eigenvalue weighted by molar-refractivity contribution is 0.0872. The van der Waals surface area contributed by atoms with Crippen LogP contribution in [0.2, 0.25) is 0 Å². The molecule has 0 bridgehead atoms. The zero-order valence-electron chi connectivity index (χ0n) is 8.86. The molecule has 0 spiro atoms. The number of nitrogens with zero attached hydrogens (tertiary/aromatic N) is 4. The molecule has 0 aromatic carbocycles. The van der Waals surface area contributed by atoms with Crippen LogP contribution in [-0.2, 0) is 9.84 Å². The summed E-state index contributed by atoms with van der Waals surface area (Å²) in [6.07, 6.45) is 1.01. The molecule has 0 radical (unpaired) electrons. The minimum absolute atomic E-state index is 0.0372. The standard InChI is InChI=1S/C9H8N4O3S/c1-17(15,16)8-3-2-7(11-12-8)9(14)13-5-6(13)4-10/h2-3,6H,5H2,1H3. The monoisotopic (exact) mass is 252 g/mol. The second kappa shape index (κ2) is 3.78. The summed E-state index contributed by atoms with van der Waals surface area (Å²) < 4.78 is 22.2. The highest BCUT2D eigenvalue weighted by atomic mass is 32.2. The zero-order chi connectivity index (χ0) is 12.6. The van der Waals surface area contributed by atoms with Gasteiger partial charge in [-0.15, -0.1) is 10.2 Å². The zero-order valence-corrected chi connectivity index (χ0v) is 9.68. The van der Waals surface area contributed by atoms with Gasteiger partial charge in [-0.3, -0.25) is 4.79 Å². The van der Waals surface area contributed by atoms with Crippen LogP contribution in [0, 0.1) is 11.3 Å². The third kappa shape index (κ3) is 2.24. The Balaban J connectivity index is 2.20. The van der Waals surface area contributed by atoms with Crippen molar-refractivity contribution < 1.29 is 13.2 Å². The minimum Gasteiger partial charge on any atom is -0.316 e. The summed E-state index contributed by atoms with van der Waals surface area (Å²) in [5.41, 5.74) is 0.0372. The van der Waals surface area contributed by atoms with E-state index in [-0.39, 0.29) is 10.7 Å². The van der Waals surface area contributed by atoms with Crippen LogP contribution in [0.5, 0.6) is 0 Å². The topological polar surface area (TPSA) is 104 Å². The molecule has 2 heterocycles. The maximum absolute atomic E-state index is 11.7. The van der Waals surface area contributed by atoms with Crippen molar-refractivity contribution in [1.82, 2.24) is 15.1 Å². The molecule has 2 rings (SSSR count). The van der Waals surface area contributed by atoms with Gasteiger partial charge < -0.3 is 4.90 Å². The smallest absolute Gasteiger partial charge is 0.275 e. The van der Waals surface area contributed by atoms with Gasteiger partial charge in [-0.25, -0.2) is 8.42 Å². The third-order valence-corrected chi connectivity index (χ3v) is 3.24. The Morgan fingerprint density at radius 3 is 2.65 bits per heavy atom. The fraction of sp³-hybridized carbons (Fsp3) is 0.333. The van der Waals surface area contributed by atoms with Crippen LogP contribution in [-0.4, -0.2) is 48.3 Å². The van der Waals surface area contributed by atoms with Gasteiger partial charge in [-0.05, 0) is 12.1 Å². The minimum atomic E-state index is -3.42. The molecule has 1 aromatic rings. The number of carbonyl (C=O) groups is 1. The molecule has 0 saturated carbocycles. The van der Waals surface area contributed by atoms with Crippen molar-refractivity contribution >= 4 is 15.7 Å². The normalized spacial score (nSPS) is 18.6. The molecule has 1 amide bonds. The maximum atomic E-state index is 11.7. The first kappa shape index (κ1) is 11.5. The van der Waals surface area contributed by atoms with Crippen molar-refractivity contribution in [3.05, 3.63) is 17.8 Å². The average molecular weight is 252 g/mol. The van der Waals surface area contributed by atoms with Crippen molar-refractivity contribution in [2.45, 2.75) is 11.1 Å². The van der Waals surface area contributed by atoms with Crippen molar-refractivity contribution in [3.8, 4) is 6.07 Å². The molecule has 0 N–H and O–H groups in total. The summed E-state index contributed by atoms with van der Waals surface area (Å²) in [6, 6.07) is 4.05. The molecule has 1 saturated heterocycles. The van der Waals surface area contributed by atoms with E-state index < -0.39 is 21.8 Å². The lowest BCUT2D eigenvalue weighted by Gasteiger charge is -2.01. The Labute approximate surface area is 97.6 Å². The lowest BCUT2D eigenvalue weighted by atomic mass is 10.4.